The highest BCUT2D eigenvalue weighted by Gasteiger charge is 2.32. The molecule has 3 aromatic rings. The minimum Gasteiger partial charge on any atom is -0.390 e. The molecule has 1 aliphatic carbocycles. The van der Waals surface area contributed by atoms with Gasteiger partial charge in [-0.05, 0) is 71.1 Å². The summed E-state index contributed by atoms with van der Waals surface area (Å²) in [4.78, 5) is 38.3. The van der Waals surface area contributed by atoms with E-state index in [2.05, 4.69) is 28.3 Å². The normalized spacial score (nSPS) is 18.2. The molecule has 0 spiro atoms. The van der Waals surface area contributed by atoms with Crippen LogP contribution in [0.2, 0.25) is 0 Å². The third-order valence-electron chi connectivity index (χ3n) is 7.15. The number of carbonyl (C=O) groups excluding carboxylic acids is 1. The minimum atomic E-state index is -0.392. The lowest BCUT2D eigenvalue weighted by Gasteiger charge is -2.37. The second kappa shape index (κ2) is 10.8. The van der Waals surface area contributed by atoms with Gasteiger partial charge in [0, 0.05) is 26.1 Å². The van der Waals surface area contributed by atoms with Crippen molar-refractivity contribution < 1.29 is 9.63 Å². The number of benzene rings is 1. The molecule has 0 bridgehead atoms. The number of oxime groups is 1. The Labute approximate surface area is 223 Å². The Bertz CT molecular complexity index is 1470. The molecule has 38 heavy (non-hydrogen) atoms. The van der Waals surface area contributed by atoms with Gasteiger partial charge in [-0.2, -0.15) is 5.26 Å². The first-order chi connectivity index (χ1) is 18.0. The molecule has 8 heteroatoms. The zero-order valence-electron chi connectivity index (χ0n) is 23.0. The predicted molar refractivity (Wildman–Crippen MR) is 150 cm³/mol. The second-order valence-electron chi connectivity index (χ2n) is 11.0. The maximum absolute atomic E-state index is 13.2. The number of pyridine rings is 2. The Morgan fingerprint density at radius 2 is 1.79 bits per heavy atom. The zero-order chi connectivity index (χ0) is 27.6. The summed E-state index contributed by atoms with van der Waals surface area (Å²) in [6, 6.07) is 15.6. The van der Waals surface area contributed by atoms with Gasteiger partial charge in [0.25, 0.3) is 5.56 Å². The van der Waals surface area contributed by atoms with Crippen molar-refractivity contribution in [2.24, 2.45) is 18.1 Å². The smallest absolute Gasteiger partial charge is 0.263 e. The summed E-state index contributed by atoms with van der Waals surface area (Å²) in [5.41, 5.74) is 3.19. The summed E-state index contributed by atoms with van der Waals surface area (Å²) in [6.45, 7) is 7.36. The summed E-state index contributed by atoms with van der Waals surface area (Å²) in [7, 11) is 3.55. The predicted octanol–water partition coefficient (Wildman–Crippen LogP) is 5.22. The topological polar surface area (TPSA) is 101 Å². The molecule has 1 saturated carbocycles. The van der Waals surface area contributed by atoms with E-state index in [4.69, 9.17) is 4.84 Å². The molecule has 1 fully saturated rings. The number of aromatic nitrogens is 2. The van der Waals surface area contributed by atoms with Gasteiger partial charge in [0.15, 0.2) is 5.78 Å². The number of nitrogens with zero attached hydrogens (tertiary/aromatic N) is 5. The van der Waals surface area contributed by atoms with Gasteiger partial charge in [0.1, 0.15) is 28.4 Å². The van der Waals surface area contributed by atoms with Crippen molar-refractivity contribution in [3.8, 4) is 6.07 Å². The molecule has 8 nitrogen and oxygen atoms in total. The number of ketones is 1. The van der Waals surface area contributed by atoms with Crippen LogP contribution < -0.4 is 10.5 Å². The molecular formula is C30H35N5O3. The summed E-state index contributed by atoms with van der Waals surface area (Å²) >= 11 is 0. The number of carbonyl (C=O) groups is 1. The summed E-state index contributed by atoms with van der Waals surface area (Å²) in [5.74, 6) is -0.0922. The van der Waals surface area contributed by atoms with E-state index in [-0.39, 0.29) is 34.6 Å². The quantitative estimate of drug-likeness (QED) is 0.254. The van der Waals surface area contributed by atoms with Crippen LogP contribution >= 0.6 is 0 Å². The average Bonchev–Trinajstić information content (AvgIpc) is 2.90. The first kappa shape index (κ1) is 27.1. The van der Waals surface area contributed by atoms with Crippen LogP contribution in [0.3, 0.4) is 0 Å². The number of anilines is 1. The highest BCUT2D eigenvalue weighted by Crippen LogP contribution is 2.35. The van der Waals surface area contributed by atoms with Gasteiger partial charge in [-0.25, -0.2) is 4.98 Å². The fourth-order valence-electron chi connectivity index (χ4n) is 5.19. The Balaban J connectivity index is 1.68. The highest BCUT2D eigenvalue weighted by molar-refractivity contribution is 6.06. The standard InChI is InChI=1S/C30H35N5O3/c1-19(36)25-28(27-24(35(6)29(25)37)17-14-22(18-31)32-27)34(5)23-15-12-21(13-16-23)26(33-38-30(2,3)4)20-10-8-7-9-11-20/h7-11,14,17,21,23H,12-13,15-16H2,1-6H3/b33-26+. The summed E-state index contributed by atoms with van der Waals surface area (Å²) in [6.07, 6.45) is 3.44. The van der Waals surface area contributed by atoms with E-state index in [1.165, 1.54) is 11.5 Å². The van der Waals surface area contributed by atoms with Gasteiger partial charge in [0.2, 0.25) is 0 Å². The van der Waals surface area contributed by atoms with E-state index in [1.807, 2.05) is 50.9 Å². The van der Waals surface area contributed by atoms with Crippen molar-refractivity contribution in [3.05, 3.63) is 69.6 Å². The molecule has 0 N–H and O–H groups in total. The summed E-state index contributed by atoms with van der Waals surface area (Å²) in [5, 5.41) is 14.1. The number of Topliss-reactive ketones (excluding diaryl/α,β-unsaturated/α-hetero) is 1. The number of fused-ring (bicyclic) bond motifs is 1. The van der Waals surface area contributed by atoms with E-state index in [0.29, 0.717) is 16.7 Å². The van der Waals surface area contributed by atoms with Crippen molar-refractivity contribution in [1.29, 1.82) is 5.26 Å². The van der Waals surface area contributed by atoms with Crippen LogP contribution in [0.15, 0.2) is 52.4 Å². The minimum absolute atomic E-state index is 0.0905. The molecule has 198 valence electrons. The number of rotatable bonds is 6. The Hall–Kier alpha value is -3.99. The van der Waals surface area contributed by atoms with Crippen molar-refractivity contribution in [3.63, 3.8) is 0 Å². The molecule has 0 atom stereocenters. The van der Waals surface area contributed by atoms with Crippen LogP contribution in [0.25, 0.3) is 11.0 Å². The first-order valence-electron chi connectivity index (χ1n) is 13.0. The first-order valence-corrected chi connectivity index (χ1v) is 13.0. The van der Waals surface area contributed by atoms with E-state index < -0.39 is 5.60 Å². The van der Waals surface area contributed by atoms with Crippen LogP contribution in [0.5, 0.6) is 0 Å². The molecule has 1 aliphatic rings. The molecule has 2 heterocycles. The van der Waals surface area contributed by atoms with Crippen LogP contribution in [-0.4, -0.2) is 39.7 Å². The van der Waals surface area contributed by atoms with Crippen LogP contribution in [0, 0.1) is 17.2 Å². The largest absolute Gasteiger partial charge is 0.390 e. The Kier molecular flexibility index (Phi) is 7.68. The highest BCUT2D eigenvalue weighted by atomic mass is 16.6. The van der Waals surface area contributed by atoms with E-state index in [1.54, 1.807) is 19.2 Å². The fourth-order valence-corrected chi connectivity index (χ4v) is 5.19. The van der Waals surface area contributed by atoms with E-state index in [0.717, 1.165) is 37.0 Å². The van der Waals surface area contributed by atoms with Crippen molar-refractivity contribution in [2.75, 3.05) is 11.9 Å². The maximum Gasteiger partial charge on any atom is 0.263 e. The maximum atomic E-state index is 13.2. The zero-order valence-corrected chi connectivity index (χ0v) is 23.0. The molecule has 0 radical (unpaired) electrons. The lowest BCUT2D eigenvalue weighted by molar-refractivity contribution is -0.0000318. The molecular weight excluding hydrogens is 478 g/mol. The SMILES string of the molecule is CC(=O)c1c(N(C)C2CCC(/C(=N/OC(C)(C)C)c3ccccc3)CC2)c2nc(C#N)ccc2n(C)c1=O. The monoisotopic (exact) mass is 513 g/mol. The molecule has 4 rings (SSSR count). The third kappa shape index (κ3) is 5.47. The lowest BCUT2D eigenvalue weighted by Crippen LogP contribution is -2.39. The van der Waals surface area contributed by atoms with Crippen LogP contribution in [-0.2, 0) is 11.9 Å². The van der Waals surface area contributed by atoms with E-state index in [9.17, 15) is 14.9 Å². The second-order valence-corrected chi connectivity index (χ2v) is 11.0. The summed E-state index contributed by atoms with van der Waals surface area (Å²) < 4.78 is 1.44. The van der Waals surface area contributed by atoms with Gasteiger partial charge in [-0.1, -0.05) is 35.5 Å². The molecule has 0 saturated heterocycles. The molecule has 0 unspecified atom stereocenters. The van der Waals surface area contributed by atoms with Gasteiger partial charge in [-0.3, -0.25) is 9.59 Å². The Morgan fingerprint density at radius 1 is 1.13 bits per heavy atom. The van der Waals surface area contributed by atoms with Gasteiger partial charge in [-0.15, -0.1) is 0 Å². The average molecular weight is 514 g/mol. The van der Waals surface area contributed by atoms with Crippen molar-refractivity contribution in [1.82, 2.24) is 9.55 Å². The third-order valence-corrected chi connectivity index (χ3v) is 7.15. The molecule has 2 aromatic heterocycles. The van der Waals surface area contributed by atoms with Crippen LogP contribution in [0.1, 0.15) is 75.0 Å². The molecule has 0 aliphatic heterocycles. The lowest BCUT2D eigenvalue weighted by atomic mass is 9.80. The van der Waals surface area contributed by atoms with Gasteiger partial charge >= 0.3 is 0 Å². The van der Waals surface area contributed by atoms with Crippen molar-refractivity contribution in [2.45, 2.75) is 65.0 Å². The molecule has 0 amide bonds. The van der Waals surface area contributed by atoms with Crippen LogP contribution in [0.4, 0.5) is 5.69 Å². The van der Waals surface area contributed by atoms with Gasteiger partial charge < -0.3 is 14.3 Å². The molecule has 1 aromatic carbocycles. The van der Waals surface area contributed by atoms with Crippen molar-refractivity contribution >= 4 is 28.2 Å². The number of nitriles is 1. The number of aryl methyl sites for hydroxylation is 1. The van der Waals surface area contributed by atoms with E-state index >= 15 is 0 Å². The fraction of sp³-hybridized carbons (Fsp3) is 0.433. The van der Waals surface area contributed by atoms with Gasteiger partial charge in [0.05, 0.1) is 16.9 Å². The Morgan fingerprint density at radius 3 is 2.37 bits per heavy atom. The number of hydrogen-bond acceptors (Lipinski definition) is 7. The number of hydrogen-bond donors (Lipinski definition) is 0.